The molecule has 1 saturated heterocycles. The van der Waals surface area contributed by atoms with Gasteiger partial charge in [-0.2, -0.15) is 0 Å². The van der Waals surface area contributed by atoms with E-state index in [1.165, 1.54) is 44.1 Å². The monoisotopic (exact) mass is 251 g/mol. The summed E-state index contributed by atoms with van der Waals surface area (Å²) in [5.74, 6) is 0.0782. The van der Waals surface area contributed by atoms with Crippen molar-refractivity contribution in [2.75, 3.05) is 13.2 Å². The molecule has 3 rings (SSSR count). The number of hydrogen-bond donors (Lipinski definition) is 1. The molecule has 3 heteroatoms. The maximum atomic E-state index is 5.99. The Morgan fingerprint density at radius 1 is 1.11 bits per heavy atom. The van der Waals surface area contributed by atoms with Gasteiger partial charge in [-0.1, -0.05) is 19.8 Å². The largest absolute Gasteiger partial charge is 0.388 e. The predicted molar refractivity (Wildman–Crippen MR) is 71.1 cm³/mol. The molecule has 1 unspecified atom stereocenters. The average molecular weight is 251 g/mol. The van der Waals surface area contributed by atoms with E-state index in [1.807, 2.05) is 0 Å². The van der Waals surface area contributed by atoms with E-state index in [4.69, 9.17) is 9.47 Å². The Kier molecular flexibility index (Phi) is 3.62. The van der Waals surface area contributed by atoms with E-state index in [9.17, 15) is 0 Å². The third-order valence-electron chi connectivity index (χ3n) is 4.74. The van der Waals surface area contributed by atoms with E-state index in [-0.39, 0.29) is 0 Å². The second-order valence-corrected chi connectivity index (χ2v) is 5.98. The summed E-state index contributed by atoms with van der Waals surface area (Å²) >= 11 is 0. The highest BCUT2D eigenvalue weighted by Gasteiger charge is 2.47. The van der Waals surface area contributed by atoms with Crippen molar-refractivity contribution in [1.82, 2.24) is 5.32 Å². The standard InChI is InChI=1S/C15H25NO2/c1-12-5-4-6-13(15(12)17-9-10-18-15)11-16-14-7-2-3-8-14/h11-12,14,16H,2-10H2,1H3/b13-11+. The molecule has 1 aliphatic heterocycles. The van der Waals surface area contributed by atoms with Gasteiger partial charge >= 0.3 is 0 Å². The van der Waals surface area contributed by atoms with Gasteiger partial charge in [0.05, 0.1) is 13.2 Å². The van der Waals surface area contributed by atoms with Crippen LogP contribution in [0.25, 0.3) is 0 Å². The zero-order chi connectivity index (χ0) is 12.4. The zero-order valence-electron chi connectivity index (χ0n) is 11.4. The van der Waals surface area contributed by atoms with Gasteiger partial charge < -0.3 is 14.8 Å². The summed E-state index contributed by atoms with van der Waals surface area (Å²) in [5, 5.41) is 3.60. The highest BCUT2D eigenvalue weighted by molar-refractivity contribution is 5.18. The molecule has 2 aliphatic carbocycles. The van der Waals surface area contributed by atoms with Crippen molar-refractivity contribution >= 4 is 0 Å². The van der Waals surface area contributed by atoms with E-state index >= 15 is 0 Å². The van der Waals surface area contributed by atoms with Crippen LogP contribution in [0.5, 0.6) is 0 Å². The molecule has 0 bridgehead atoms. The Hall–Kier alpha value is -0.540. The van der Waals surface area contributed by atoms with Gasteiger partial charge in [-0.3, -0.25) is 0 Å². The van der Waals surface area contributed by atoms with Gasteiger partial charge in [0.1, 0.15) is 0 Å². The van der Waals surface area contributed by atoms with Gasteiger partial charge in [-0.05, 0) is 32.1 Å². The number of ether oxygens (including phenoxy) is 2. The Morgan fingerprint density at radius 2 is 1.83 bits per heavy atom. The van der Waals surface area contributed by atoms with Gasteiger partial charge in [-0.15, -0.1) is 0 Å². The second-order valence-electron chi connectivity index (χ2n) is 5.98. The maximum Gasteiger partial charge on any atom is 0.195 e. The molecule has 1 atom stereocenters. The summed E-state index contributed by atoms with van der Waals surface area (Å²) in [6.45, 7) is 3.74. The molecular formula is C15H25NO2. The van der Waals surface area contributed by atoms with Crippen molar-refractivity contribution in [3.63, 3.8) is 0 Å². The maximum absolute atomic E-state index is 5.99. The van der Waals surface area contributed by atoms with Crippen molar-refractivity contribution in [2.45, 2.75) is 63.7 Å². The molecular weight excluding hydrogens is 226 g/mol. The van der Waals surface area contributed by atoms with Crippen molar-refractivity contribution < 1.29 is 9.47 Å². The molecule has 0 aromatic carbocycles. The van der Waals surface area contributed by atoms with Crippen molar-refractivity contribution in [3.8, 4) is 0 Å². The lowest BCUT2D eigenvalue weighted by atomic mass is 9.81. The van der Waals surface area contributed by atoms with Crippen LogP contribution in [-0.2, 0) is 9.47 Å². The fraction of sp³-hybridized carbons (Fsp3) is 0.867. The second kappa shape index (κ2) is 5.22. The molecule has 3 nitrogen and oxygen atoms in total. The van der Waals surface area contributed by atoms with Crippen LogP contribution in [0, 0.1) is 5.92 Å². The third kappa shape index (κ3) is 2.19. The Balaban J connectivity index is 1.73. The van der Waals surface area contributed by atoms with Crippen LogP contribution in [0.2, 0.25) is 0 Å². The fourth-order valence-electron chi connectivity index (χ4n) is 3.66. The number of hydrogen-bond acceptors (Lipinski definition) is 3. The lowest BCUT2D eigenvalue weighted by Gasteiger charge is -2.39. The summed E-state index contributed by atoms with van der Waals surface area (Å²) < 4.78 is 12.0. The van der Waals surface area contributed by atoms with Crippen LogP contribution in [0.1, 0.15) is 51.9 Å². The zero-order valence-corrected chi connectivity index (χ0v) is 11.4. The molecule has 1 N–H and O–H groups in total. The fourth-order valence-corrected chi connectivity index (χ4v) is 3.66. The molecule has 1 spiro atoms. The minimum absolute atomic E-state index is 0.399. The van der Waals surface area contributed by atoms with Crippen LogP contribution >= 0.6 is 0 Å². The van der Waals surface area contributed by atoms with Gasteiger partial charge in [-0.25, -0.2) is 0 Å². The normalized spacial score (nSPS) is 34.5. The quantitative estimate of drug-likeness (QED) is 0.818. The van der Waals surface area contributed by atoms with Crippen LogP contribution < -0.4 is 5.32 Å². The van der Waals surface area contributed by atoms with E-state index in [2.05, 4.69) is 18.4 Å². The minimum atomic E-state index is -0.399. The molecule has 0 radical (unpaired) electrons. The SMILES string of the molecule is CC1CCC/C(=C\NC2CCCC2)C12OCCO2. The molecule has 2 saturated carbocycles. The lowest BCUT2D eigenvalue weighted by molar-refractivity contribution is -0.172. The third-order valence-corrected chi connectivity index (χ3v) is 4.74. The number of nitrogens with one attached hydrogen (secondary N) is 1. The summed E-state index contributed by atoms with van der Waals surface area (Å²) in [4.78, 5) is 0. The Bertz CT molecular complexity index is 314. The van der Waals surface area contributed by atoms with E-state index < -0.39 is 5.79 Å². The van der Waals surface area contributed by atoms with Crippen molar-refractivity contribution in [1.29, 1.82) is 0 Å². The summed E-state index contributed by atoms with van der Waals surface area (Å²) in [6, 6.07) is 0.674. The highest BCUT2D eigenvalue weighted by Crippen LogP contribution is 2.43. The number of rotatable bonds is 2. The lowest BCUT2D eigenvalue weighted by Crippen LogP contribution is -2.43. The van der Waals surface area contributed by atoms with Crippen LogP contribution in [0.4, 0.5) is 0 Å². The molecule has 102 valence electrons. The molecule has 18 heavy (non-hydrogen) atoms. The van der Waals surface area contributed by atoms with Crippen LogP contribution in [0.3, 0.4) is 0 Å². The molecule has 0 amide bonds. The molecule has 3 fully saturated rings. The van der Waals surface area contributed by atoms with Gasteiger partial charge in [0.25, 0.3) is 0 Å². The Labute approximate surface area is 110 Å². The summed E-state index contributed by atoms with van der Waals surface area (Å²) in [5.41, 5.74) is 1.34. The molecule has 0 aromatic rings. The van der Waals surface area contributed by atoms with Gasteiger partial charge in [0.15, 0.2) is 5.79 Å². The first-order chi connectivity index (χ1) is 8.81. The van der Waals surface area contributed by atoms with E-state index in [0.29, 0.717) is 12.0 Å². The van der Waals surface area contributed by atoms with Gasteiger partial charge in [0.2, 0.25) is 0 Å². The average Bonchev–Trinajstić information content (AvgIpc) is 3.03. The van der Waals surface area contributed by atoms with Crippen molar-refractivity contribution in [3.05, 3.63) is 11.8 Å². The highest BCUT2D eigenvalue weighted by atomic mass is 16.7. The minimum Gasteiger partial charge on any atom is -0.388 e. The Morgan fingerprint density at radius 3 is 2.56 bits per heavy atom. The topological polar surface area (TPSA) is 30.5 Å². The first-order valence-electron chi connectivity index (χ1n) is 7.55. The molecule has 0 aromatic heterocycles. The summed E-state index contributed by atoms with van der Waals surface area (Å²) in [7, 11) is 0. The van der Waals surface area contributed by atoms with Gasteiger partial charge in [0, 0.05) is 23.7 Å². The van der Waals surface area contributed by atoms with E-state index in [1.54, 1.807) is 0 Å². The van der Waals surface area contributed by atoms with Crippen molar-refractivity contribution in [2.24, 2.45) is 5.92 Å². The van der Waals surface area contributed by atoms with Crippen LogP contribution in [-0.4, -0.2) is 25.0 Å². The van der Waals surface area contributed by atoms with E-state index in [0.717, 1.165) is 19.6 Å². The first kappa shape index (κ1) is 12.5. The summed E-state index contributed by atoms with van der Waals surface area (Å²) in [6.07, 6.45) is 11.2. The first-order valence-corrected chi connectivity index (χ1v) is 7.55. The smallest absolute Gasteiger partial charge is 0.195 e. The van der Waals surface area contributed by atoms with Crippen LogP contribution in [0.15, 0.2) is 11.8 Å². The molecule has 1 heterocycles. The molecule has 3 aliphatic rings. The predicted octanol–water partition coefficient (Wildman–Crippen LogP) is 2.97.